The van der Waals surface area contributed by atoms with Crippen LogP contribution in [0.3, 0.4) is 0 Å². The number of carbonyl (C=O) groups is 1. The lowest BCUT2D eigenvalue weighted by atomic mass is 9.73. The van der Waals surface area contributed by atoms with Crippen LogP contribution in [0.5, 0.6) is 5.75 Å². The van der Waals surface area contributed by atoms with Gasteiger partial charge in [0.1, 0.15) is 5.75 Å². The van der Waals surface area contributed by atoms with Crippen LogP contribution in [0.4, 0.5) is 0 Å². The second kappa shape index (κ2) is 13.0. The summed E-state index contributed by atoms with van der Waals surface area (Å²) in [7, 11) is 3.32. The normalized spacial score (nSPS) is 24.8. The third kappa shape index (κ3) is 7.83. The third-order valence-corrected chi connectivity index (χ3v) is 8.84. The van der Waals surface area contributed by atoms with E-state index in [4.69, 9.17) is 15.2 Å². The van der Waals surface area contributed by atoms with E-state index in [0.29, 0.717) is 11.0 Å². The molecule has 206 valence electrons. The molecule has 4 atom stereocenters. The number of primary amides is 1. The van der Waals surface area contributed by atoms with Crippen LogP contribution in [0.2, 0.25) is 0 Å². The quantitative estimate of drug-likeness (QED) is 0.270. The van der Waals surface area contributed by atoms with E-state index in [9.17, 15) is 4.79 Å². The number of ether oxygens (including phenoxy) is 2. The monoisotopic (exact) mass is 509 g/mol. The van der Waals surface area contributed by atoms with Crippen molar-refractivity contribution in [3.8, 4) is 5.75 Å². The minimum absolute atomic E-state index is 0.0625. The van der Waals surface area contributed by atoms with E-state index in [1.54, 1.807) is 14.2 Å². The highest BCUT2D eigenvalue weighted by Gasteiger charge is 2.51. The predicted octanol–water partition coefficient (Wildman–Crippen LogP) is 8.05. The first-order valence-corrected chi connectivity index (χ1v) is 13.8. The summed E-state index contributed by atoms with van der Waals surface area (Å²) in [5.41, 5.74) is 11.7. The molecule has 2 bridgehead atoms. The van der Waals surface area contributed by atoms with E-state index in [2.05, 4.69) is 39.8 Å². The zero-order valence-electron chi connectivity index (χ0n) is 25.0. The Labute approximate surface area is 226 Å². The zero-order valence-corrected chi connectivity index (χ0v) is 25.0. The van der Waals surface area contributed by atoms with Gasteiger partial charge in [-0.25, -0.2) is 0 Å². The summed E-state index contributed by atoms with van der Waals surface area (Å²) < 4.78 is 10.7. The fraction of sp³-hybridized carbons (Fsp3) is 0.606. The van der Waals surface area contributed by atoms with Crippen molar-refractivity contribution >= 4 is 11.5 Å². The van der Waals surface area contributed by atoms with E-state index in [-0.39, 0.29) is 12.0 Å². The summed E-state index contributed by atoms with van der Waals surface area (Å²) in [6.07, 6.45) is 13.1. The number of methoxy groups -OCH3 is 2. The Bertz CT molecular complexity index is 1030. The Morgan fingerprint density at radius 2 is 1.89 bits per heavy atom. The van der Waals surface area contributed by atoms with Gasteiger partial charge in [0.15, 0.2) is 0 Å². The minimum Gasteiger partial charge on any atom is -0.496 e. The molecule has 0 radical (unpaired) electrons. The molecule has 1 aromatic carbocycles. The van der Waals surface area contributed by atoms with Gasteiger partial charge in [0, 0.05) is 12.7 Å². The van der Waals surface area contributed by atoms with Gasteiger partial charge in [-0.3, -0.25) is 4.79 Å². The molecule has 2 aliphatic rings. The summed E-state index contributed by atoms with van der Waals surface area (Å²) in [5, 5.41) is 0. The Kier molecular flexibility index (Phi) is 10.8. The van der Waals surface area contributed by atoms with Gasteiger partial charge >= 0.3 is 0 Å². The summed E-state index contributed by atoms with van der Waals surface area (Å²) >= 11 is 0. The molecule has 37 heavy (non-hydrogen) atoms. The second-order valence-electron chi connectivity index (χ2n) is 12.2. The maximum atomic E-state index is 12.3. The SMILES string of the molecule is C/C=C(\C=C/C(C)OC)CC(C)/C(C)=C(/C(N)=O)c1cccc(OC)c1C.CC12CCC(C1)C(C)(C)C2. The molecule has 2 fully saturated rings. The maximum Gasteiger partial charge on any atom is 0.249 e. The summed E-state index contributed by atoms with van der Waals surface area (Å²) in [6.45, 7) is 17.4. The van der Waals surface area contributed by atoms with Crippen molar-refractivity contribution in [3.05, 3.63) is 58.7 Å². The Hall–Kier alpha value is -2.33. The molecule has 0 aromatic heterocycles. The smallest absolute Gasteiger partial charge is 0.249 e. The number of nitrogens with two attached hydrogens (primary N) is 1. The van der Waals surface area contributed by atoms with Crippen molar-refractivity contribution in [1.82, 2.24) is 0 Å². The maximum absolute atomic E-state index is 12.3. The third-order valence-electron chi connectivity index (χ3n) is 8.84. The summed E-state index contributed by atoms with van der Waals surface area (Å²) in [5.74, 6) is 1.54. The van der Waals surface area contributed by atoms with Crippen LogP contribution < -0.4 is 10.5 Å². The number of rotatable bonds is 9. The molecule has 4 nitrogen and oxygen atoms in total. The Morgan fingerprint density at radius 1 is 1.22 bits per heavy atom. The van der Waals surface area contributed by atoms with Gasteiger partial charge < -0.3 is 15.2 Å². The fourth-order valence-corrected chi connectivity index (χ4v) is 6.41. The molecule has 1 amide bonds. The standard InChI is InChI=1S/C23H33NO3.C10H18/c1-8-19(13-12-16(3)26-6)14-15(2)17(4)22(23(24)25)20-10-9-11-21(27-7)18(20)5;1-9(2)7-10(3)5-4-8(9)6-10/h8-13,15-16H,14H2,1-7H3,(H2,24,25);8H,4-7H2,1-3H3/b13-12-,19-8+,22-17+;. The summed E-state index contributed by atoms with van der Waals surface area (Å²) in [6, 6.07) is 5.69. The molecule has 1 aromatic rings. The first-order chi connectivity index (χ1) is 17.3. The van der Waals surface area contributed by atoms with Crippen molar-refractivity contribution in [2.45, 2.75) is 93.6 Å². The molecule has 2 saturated carbocycles. The van der Waals surface area contributed by atoms with Crippen LogP contribution in [0.25, 0.3) is 5.57 Å². The van der Waals surface area contributed by atoms with Crippen LogP contribution >= 0.6 is 0 Å². The van der Waals surface area contributed by atoms with Gasteiger partial charge in [-0.05, 0) is 99.7 Å². The lowest BCUT2D eigenvalue weighted by Crippen LogP contribution is -2.22. The predicted molar refractivity (Wildman–Crippen MR) is 157 cm³/mol. The van der Waals surface area contributed by atoms with Gasteiger partial charge in [0.2, 0.25) is 5.91 Å². The molecule has 2 N–H and O–H groups in total. The highest BCUT2D eigenvalue weighted by molar-refractivity contribution is 6.20. The van der Waals surface area contributed by atoms with Crippen molar-refractivity contribution in [2.24, 2.45) is 28.4 Å². The second-order valence-corrected chi connectivity index (χ2v) is 12.2. The topological polar surface area (TPSA) is 61.5 Å². The van der Waals surface area contributed by atoms with Crippen LogP contribution in [0.15, 0.2) is 47.6 Å². The molecular weight excluding hydrogens is 458 g/mol. The fourth-order valence-electron chi connectivity index (χ4n) is 6.41. The number of fused-ring (bicyclic) bond motifs is 2. The van der Waals surface area contributed by atoms with Gasteiger partial charge in [0.25, 0.3) is 0 Å². The largest absolute Gasteiger partial charge is 0.496 e. The van der Waals surface area contributed by atoms with Crippen molar-refractivity contribution in [3.63, 3.8) is 0 Å². The first-order valence-electron chi connectivity index (χ1n) is 13.8. The number of hydrogen-bond acceptors (Lipinski definition) is 3. The van der Waals surface area contributed by atoms with E-state index >= 15 is 0 Å². The van der Waals surface area contributed by atoms with Crippen LogP contribution in [0, 0.1) is 29.6 Å². The molecule has 0 spiro atoms. The summed E-state index contributed by atoms with van der Waals surface area (Å²) in [4.78, 5) is 12.3. The van der Waals surface area contributed by atoms with Crippen LogP contribution in [0.1, 0.15) is 91.7 Å². The number of hydrogen-bond donors (Lipinski definition) is 1. The Morgan fingerprint density at radius 3 is 2.32 bits per heavy atom. The van der Waals surface area contributed by atoms with Gasteiger partial charge in [0.05, 0.1) is 13.2 Å². The van der Waals surface area contributed by atoms with E-state index < -0.39 is 5.91 Å². The molecule has 0 saturated heterocycles. The molecule has 0 heterocycles. The van der Waals surface area contributed by atoms with Gasteiger partial charge in [-0.1, -0.05) is 69.2 Å². The molecule has 0 aliphatic heterocycles. The minimum atomic E-state index is -0.415. The van der Waals surface area contributed by atoms with E-state index in [0.717, 1.165) is 40.2 Å². The highest BCUT2D eigenvalue weighted by Crippen LogP contribution is 2.62. The van der Waals surface area contributed by atoms with Crippen molar-refractivity contribution in [1.29, 1.82) is 0 Å². The first kappa shape index (κ1) is 30.9. The van der Waals surface area contributed by atoms with E-state index in [1.165, 1.54) is 31.3 Å². The molecule has 4 unspecified atom stereocenters. The molecule has 3 rings (SSSR count). The number of allylic oxidation sites excluding steroid dienone is 4. The number of carbonyl (C=O) groups excluding carboxylic acids is 1. The van der Waals surface area contributed by atoms with Crippen molar-refractivity contribution < 1.29 is 14.3 Å². The lowest BCUT2D eigenvalue weighted by molar-refractivity contribution is -0.112. The molecule has 4 heteroatoms. The van der Waals surface area contributed by atoms with Crippen LogP contribution in [-0.2, 0) is 9.53 Å². The molecule has 2 aliphatic carbocycles. The zero-order chi connectivity index (χ0) is 28.0. The van der Waals surface area contributed by atoms with Crippen molar-refractivity contribution in [2.75, 3.05) is 14.2 Å². The molecular formula is C33H51NO3. The Balaban J connectivity index is 0.000000394. The number of amides is 1. The van der Waals surface area contributed by atoms with Gasteiger partial charge in [-0.15, -0.1) is 0 Å². The van der Waals surface area contributed by atoms with Crippen LogP contribution in [-0.4, -0.2) is 26.2 Å². The average Bonchev–Trinajstić information content (AvgIpc) is 3.34. The van der Waals surface area contributed by atoms with E-state index in [1.807, 2.05) is 52.0 Å². The highest BCUT2D eigenvalue weighted by atomic mass is 16.5. The van der Waals surface area contributed by atoms with Gasteiger partial charge in [-0.2, -0.15) is 0 Å². The average molecular weight is 510 g/mol. The lowest BCUT2D eigenvalue weighted by Gasteiger charge is -2.32. The number of benzene rings is 1.